The van der Waals surface area contributed by atoms with Crippen LogP contribution in [-0.2, 0) is 16.0 Å². The molecule has 0 bridgehead atoms. The van der Waals surface area contributed by atoms with E-state index in [4.69, 9.17) is 21.1 Å². The molecule has 0 aliphatic rings. The quantitative estimate of drug-likeness (QED) is 0.517. The Bertz CT molecular complexity index is 1290. The summed E-state index contributed by atoms with van der Waals surface area (Å²) in [4.78, 5) is 43.7. The molecule has 1 amide bonds. The summed E-state index contributed by atoms with van der Waals surface area (Å²) in [6.07, 6.45) is 2.19. The normalized spacial score (nSPS) is 11.4. The third-order valence-electron chi connectivity index (χ3n) is 4.62. The van der Waals surface area contributed by atoms with E-state index >= 15 is 0 Å². The molecule has 34 heavy (non-hydrogen) atoms. The summed E-state index contributed by atoms with van der Waals surface area (Å²) in [5.41, 5.74) is -0.637. The first-order chi connectivity index (χ1) is 15.9. The Labute approximate surface area is 201 Å². The number of ether oxygens (including phenoxy) is 2. The first kappa shape index (κ1) is 25.0. The zero-order valence-corrected chi connectivity index (χ0v) is 20.6. The summed E-state index contributed by atoms with van der Waals surface area (Å²) in [6, 6.07) is 2.98. The zero-order valence-electron chi connectivity index (χ0n) is 19.9. The molecule has 3 aromatic heterocycles. The Morgan fingerprint density at radius 3 is 2.56 bits per heavy atom. The Kier molecular flexibility index (Phi) is 7.15. The van der Waals surface area contributed by atoms with E-state index in [0.29, 0.717) is 11.6 Å². The van der Waals surface area contributed by atoms with Gasteiger partial charge in [0.2, 0.25) is 0 Å². The predicted octanol–water partition coefficient (Wildman–Crippen LogP) is 3.86. The molecule has 0 saturated heterocycles. The highest BCUT2D eigenvalue weighted by atomic mass is 35.5. The average molecular weight is 491 g/mol. The molecule has 11 nitrogen and oxygen atoms in total. The molecule has 3 aromatic rings. The molecule has 182 valence electrons. The summed E-state index contributed by atoms with van der Waals surface area (Å²) >= 11 is 6.17. The molecular weight excluding hydrogens is 464 g/mol. The van der Waals surface area contributed by atoms with Crippen molar-refractivity contribution in [1.29, 1.82) is 0 Å². The maximum atomic E-state index is 12.8. The van der Waals surface area contributed by atoms with Gasteiger partial charge in [0.15, 0.2) is 5.65 Å². The average Bonchev–Trinajstić information content (AvgIpc) is 3.18. The second kappa shape index (κ2) is 9.72. The van der Waals surface area contributed by atoms with Crippen LogP contribution >= 0.6 is 11.6 Å². The standard InChI is InChI=1S/C22H27ClN6O5/c1-7-28-12-13(23)9-15(19(28)30)25-16-10-17(27(6)21(32)34-22(3,4)5)29-18(26-16)14(11-24-29)20(31)33-8-2/h9-12H,7-8H2,1-6H3,(H,25,26). The van der Waals surface area contributed by atoms with E-state index in [2.05, 4.69) is 15.4 Å². The topological polar surface area (TPSA) is 120 Å². The van der Waals surface area contributed by atoms with Gasteiger partial charge in [-0.15, -0.1) is 0 Å². The Morgan fingerprint density at radius 2 is 1.94 bits per heavy atom. The van der Waals surface area contributed by atoms with Crippen molar-refractivity contribution in [1.82, 2.24) is 19.2 Å². The molecule has 3 heterocycles. The maximum absolute atomic E-state index is 12.8. The van der Waals surface area contributed by atoms with Gasteiger partial charge in [-0.25, -0.2) is 14.6 Å². The van der Waals surface area contributed by atoms with Crippen LogP contribution < -0.4 is 15.8 Å². The number of esters is 1. The zero-order chi connectivity index (χ0) is 25.2. The van der Waals surface area contributed by atoms with Gasteiger partial charge in [0.25, 0.3) is 5.56 Å². The number of anilines is 3. The van der Waals surface area contributed by atoms with Crippen molar-refractivity contribution in [2.75, 3.05) is 23.9 Å². The smallest absolute Gasteiger partial charge is 0.415 e. The summed E-state index contributed by atoms with van der Waals surface area (Å²) in [6.45, 7) is 9.33. The van der Waals surface area contributed by atoms with Crippen LogP contribution in [0.2, 0.25) is 5.02 Å². The SMILES string of the molecule is CCOC(=O)c1cnn2c(N(C)C(=O)OC(C)(C)C)cc(Nc3cc(Cl)cn(CC)c3=O)nc12. The van der Waals surface area contributed by atoms with Crippen molar-refractivity contribution < 1.29 is 19.1 Å². The number of halogens is 1. The van der Waals surface area contributed by atoms with Crippen LogP contribution in [0.1, 0.15) is 45.0 Å². The number of amides is 1. The van der Waals surface area contributed by atoms with Gasteiger partial charge in [0.05, 0.1) is 17.8 Å². The largest absolute Gasteiger partial charge is 0.462 e. The number of aromatic nitrogens is 4. The lowest BCUT2D eigenvalue weighted by atomic mass is 10.2. The molecule has 0 unspecified atom stereocenters. The first-order valence-electron chi connectivity index (χ1n) is 10.6. The molecule has 0 aromatic carbocycles. The molecule has 0 spiro atoms. The van der Waals surface area contributed by atoms with Crippen molar-refractivity contribution in [2.24, 2.45) is 0 Å². The molecule has 0 saturated carbocycles. The number of carbonyl (C=O) groups is 2. The van der Waals surface area contributed by atoms with Crippen LogP contribution in [0.25, 0.3) is 5.65 Å². The third-order valence-corrected chi connectivity index (χ3v) is 4.82. The molecule has 0 aliphatic carbocycles. The van der Waals surface area contributed by atoms with Crippen molar-refractivity contribution in [2.45, 2.75) is 46.8 Å². The molecular formula is C22H27ClN6O5. The maximum Gasteiger partial charge on any atom is 0.415 e. The summed E-state index contributed by atoms with van der Waals surface area (Å²) < 4.78 is 13.3. The van der Waals surface area contributed by atoms with Crippen LogP contribution in [0.3, 0.4) is 0 Å². The minimum absolute atomic E-state index is 0.0985. The van der Waals surface area contributed by atoms with Crippen molar-refractivity contribution >= 4 is 46.6 Å². The lowest BCUT2D eigenvalue weighted by Gasteiger charge is -2.25. The molecule has 0 aliphatic heterocycles. The minimum Gasteiger partial charge on any atom is -0.462 e. The van der Waals surface area contributed by atoms with Crippen molar-refractivity contribution in [3.05, 3.63) is 45.5 Å². The molecule has 3 rings (SSSR count). The summed E-state index contributed by atoms with van der Waals surface area (Å²) in [7, 11) is 1.50. The number of rotatable bonds is 6. The van der Waals surface area contributed by atoms with Crippen LogP contribution in [0.4, 0.5) is 22.1 Å². The van der Waals surface area contributed by atoms with Gasteiger partial charge >= 0.3 is 12.1 Å². The number of nitrogens with zero attached hydrogens (tertiary/aromatic N) is 5. The third kappa shape index (κ3) is 5.30. The van der Waals surface area contributed by atoms with Crippen molar-refractivity contribution in [3.8, 4) is 0 Å². The first-order valence-corrected chi connectivity index (χ1v) is 11.0. The van der Waals surface area contributed by atoms with E-state index in [0.717, 1.165) is 0 Å². The lowest BCUT2D eigenvalue weighted by Crippen LogP contribution is -2.35. The Morgan fingerprint density at radius 1 is 1.24 bits per heavy atom. The molecule has 1 N–H and O–H groups in total. The number of carbonyl (C=O) groups excluding carboxylic acids is 2. The summed E-state index contributed by atoms with van der Waals surface area (Å²) in [5.74, 6) is -0.190. The van der Waals surface area contributed by atoms with E-state index in [1.807, 2.05) is 6.92 Å². The van der Waals surface area contributed by atoms with E-state index in [9.17, 15) is 14.4 Å². The van der Waals surface area contributed by atoms with E-state index in [1.54, 1.807) is 27.7 Å². The highest BCUT2D eigenvalue weighted by Crippen LogP contribution is 2.25. The van der Waals surface area contributed by atoms with Gasteiger partial charge in [0.1, 0.15) is 28.5 Å². The number of fused-ring (bicyclic) bond motifs is 1. The van der Waals surface area contributed by atoms with Crippen LogP contribution in [0.15, 0.2) is 29.3 Å². The number of pyridine rings is 1. The fourth-order valence-corrected chi connectivity index (χ4v) is 3.32. The van der Waals surface area contributed by atoms with Crippen LogP contribution in [0, 0.1) is 0 Å². The van der Waals surface area contributed by atoms with Gasteiger partial charge in [-0.3, -0.25) is 9.69 Å². The molecule has 0 radical (unpaired) electrons. The van der Waals surface area contributed by atoms with Crippen LogP contribution in [-0.4, -0.2) is 50.5 Å². The number of nitrogens with one attached hydrogen (secondary N) is 1. The minimum atomic E-state index is -0.731. The second-order valence-electron chi connectivity index (χ2n) is 8.34. The van der Waals surface area contributed by atoms with Crippen LogP contribution in [0.5, 0.6) is 0 Å². The van der Waals surface area contributed by atoms with Gasteiger partial charge in [-0.1, -0.05) is 11.6 Å². The molecule has 12 heteroatoms. The van der Waals surface area contributed by atoms with Crippen molar-refractivity contribution in [3.63, 3.8) is 0 Å². The van der Waals surface area contributed by atoms with Gasteiger partial charge < -0.3 is 19.4 Å². The van der Waals surface area contributed by atoms with E-state index in [-0.39, 0.29) is 40.7 Å². The monoisotopic (exact) mass is 490 g/mol. The van der Waals surface area contributed by atoms with Gasteiger partial charge in [-0.05, 0) is 40.7 Å². The van der Waals surface area contributed by atoms with Gasteiger partial charge in [0, 0.05) is 25.9 Å². The molecule has 0 atom stereocenters. The number of hydrogen-bond acceptors (Lipinski definition) is 8. The second-order valence-corrected chi connectivity index (χ2v) is 8.78. The highest BCUT2D eigenvalue weighted by molar-refractivity contribution is 6.30. The van der Waals surface area contributed by atoms with Gasteiger partial charge in [-0.2, -0.15) is 9.61 Å². The fraction of sp³-hybridized carbons (Fsp3) is 0.409. The highest BCUT2D eigenvalue weighted by Gasteiger charge is 2.25. The van der Waals surface area contributed by atoms with E-state index < -0.39 is 17.7 Å². The summed E-state index contributed by atoms with van der Waals surface area (Å²) in [5, 5.41) is 7.52. The number of hydrogen-bond donors (Lipinski definition) is 1. The van der Waals surface area contributed by atoms with E-state index in [1.165, 1.54) is 45.6 Å². The number of aryl methyl sites for hydroxylation is 1. The molecule has 0 fully saturated rings. The Hall–Kier alpha value is -3.60. The predicted molar refractivity (Wildman–Crippen MR) is 128 cm³/mol. The fourth-order valence-electron chi connectivity index (χ4n) is 3.09. The lowest BCUT2D eigenvalue weighted by molar-refractivity contribution is 0.0527. The Balaban J connectivity index is 2.16.